The lowest BCUT2D eigenvalue weighted by Gasteiger charge is -2.46. The Morgan fingerprint density at radius 2 is 0.602 bits per heavy atom. The molecule has 668 valence electrons. The predicted octanol–water partition coefficient (Wildman–Crippen LogP) is 24.6. The normalized spacial score (nSPS) is 20.0. The number of anilines is 4. The molecule has 8 heterocycles. The molecule has 0 bridgehead atoms. The summed E-state index contributed by atoms with van der Waals surface area (Å²) in [5, 5.41) is 34.8. The Morgan fingerprint density at radius 3 is 0.925 bits per heavy atom. The molecular weight excluding hydrogens is 1650 g/mol. The van der Waals surface area contributed by atoms with Gasteiger partial charge in [0.1, 0.15) is 59.0 Å². The SMILES string of the molecule is C=C(C)C(=O)OCCN1c2ccc3ccccc3c2C(C)(C)C12C=Nc1c(ccc3ccccc13)O2.C=CC(=O)OCCN1c2ccc3ccccc3c2C(C)(C)C12C=Nc1c(ccc3ccccc13)O2.CC1(C)c2c(ccc3ccccc23)N(CCCCO)C12C=Nc1c(ccc3ccccc13)O2.CC1(C)c2ccccc2N(CCCCO)C12C=Nc1c(ccc3ccccc13)O2. The molecular formula is C115H108N8O10. The first-order valence-electron chi connectivity index (χ1n) is 46.1. The van der Waals surface area contributed by atoms with E-state index in [1.807, 2.05) is 91.6 Å². The monoisotopic (exact) mass is 1760 g/mol. The Labute approximate surface area is 775 Å². The number of unbranched alkanes of at least 4 members (excludes halogenated alkanes) is 2. The van der Waals surface area contributed by atoms with E-state index >= 15 is 0 Å². The van der Waals surface area contributed by atoms with Gasteiger partial charge < -0.3 is 58.2 Å². The molecule has 4 spiro atoms. The average Bonchev–Trinajstić information content (AvgIpc) is 1.54. The van der Waals surface area contributed by atoms with Crippen molar-refractivity contribution in [2.75, 3.05) is 72.2 Å². The number of ether oxygens (including phenoxy) is 6. The zero-order valence-electron chi connectivity index (χ0n) is 76.6. The van der Waals surface area contributed by atoms with Crippen LogP contribution in [-0.4, -0.2) is 123 Å². The van der Waals surface area contributed by atoms with Crippen LogP contribution in [0.5, 0.6) is 23.0 Å². The maximum atomic E-state index is 12.1. The van der Waals surface area contributed by atoms with Crippen LogP contribution in [0.4, 0.5) is 45.5 Å². The lowest BCUT2D eigenvalue weighted by molar-refractivity contribution is -0.139. The number of aliphatic hydroxyl groups excluding tert-OH is 2. The number of hydrogen-bond donors (Lipinski definition) is 2. The molecule has 15 aromatic rings. The van der Waals surface area contributed by atoms with Crippen molar-refractivity contribution in [3.8, 4) is 23.0 Å². The van der Waals surface area contributed by atoms with Crippen molar-refractivity contribution in [1.82, 2.24) is 0 Å². The molecule has 0 saturated carbocycles. The van der Waals surface area contributed by atoms with Crippen molar-refractivity contribution in [2.24, 2.45) is 20.0 Å². The van der Waals surface area contributed by atoms with Crippen molar-refractivity contribution in [1.29, 1.82) is 0 Å². The van der Waals surface area contributed by atoms with Gasteiger partial charge in [0, 0.05) is 82.2 Å². The fraction of sp³-hybridized carbons (Fsp3) is 0.252. The van der Waals surface area contributed by atoms with E-state index in [9.17, 15) is 19.8 Å². The molecule has 8 aliphatic heterocycles. The minimum absolute atomic E-state index is 0.193. The van der Waals surface area contributed by atoms with Crippen LogP contribution in [0, 0.1) is 0 Å². The van der Waals surface area contributed by atoms with E-state index in [0.29, 0.717) is 18.7 Å². The minimum atomic E-state index is -0.898. The van der Waals surface area contributed by atoms with Crippen LogP contribution in [0.3, 0.4) is 0 Å². The molecule has 0 aromatic heterocycles. The van der Waals surface area contributed by atoms with Gasteiger partial charge in [-0.2, -0.15) is 0 Å². The molecule has 18 nitrogen and oxygen atoms in total. The smallest absolute Gasteiger partial charge is 0.333 e. The van der Waals surface area contributed by atoms with Gasteiger partial charge >= 0.3 is 11.9 Å². The lowest BCUT2D eigenvalue weighted by Crippen LogP contribution is -2.62. The third kappa shape index (κ3) is 13.9. The average molecular weight is 1760 g/mol. The number of aliphatic hydroxyl groups is 2. The van der Waals surface area contributed by atoms with Gasteiger partial charge in [0.05, 0.1) is 59.6 Å². The number of rotatable bonds is 16. The summed E-state index contributed by atoms with van der Waals surface area (Å²) in [6.45, 7) is 29.9. The molecule has 0 amide bonds. The number of carbonyl (C=O) groups is 2. The summed E-state index contributed by atoms with van der Waals surface area (Å²) in [7, 11) is 0. The number of hydrogen-bond acceptors (Lipinski definition) is 18. The summed E-state index contributed by atoms with van der Waals surface area (Å²) in [5.74, 6) is 2.28. The molecule has 15 aromatic carbocycles. The Bertz CT molecular complexity index is 7360. The summed E-state index contributed by atoms with van der Waals surface area (Å²) in [6, 6.07) is 96.4. The summed E-state index contributed by atoms with van der Waals surface area (Å²) in [4.78, 5) is 53.0. The van der Waals surface area contributed by atoms with E-state index < -0.39 is 45.7 Å². The maximum absolute atomic E-state index is 12.1. The highest BCUT2D eigenvalue weighted by Crippen LogP contribution is 2.62. The largest absolute Gasteiger partial charge is 0.461 e. The minimum Gasteiger partial charge on any atom is -0.461 e. The van der Waals surface area contributed by atoms with Crippen molar-refractivity contribution < 1.29 is 48.2 Å². The van der Waals surface area contributed by atoms with Crippen LogP contribution < -0.4 is 38.5 Å². The van der Waals surface area contributed by atoms with Gasteiger partial charge in [-0.3, -0.25) is 20.0 Å². The van der Waals surface area contributed by atoms with Crippen molar-refractivity contribution in [3.05, 3.63) is 326 Å². The highest BCUT2D eigenvalue weighted by Gasteiger charge is 2.65. The maximum Gasteiger partial charge on any atom is 0.333 e. The third-order valence-corrected chi connectivity index (χ3v) is 28.7. The Kier molecular flexibility index (Phi) is 22.0. The fourth-order valence-electron chi connectivity index (χ4n) is 21.9. The van der Waals surface area contributed by atoms with Gasteiger partial charge in [0.25, 0.3) is 0 Å². The predicted molar refractivity (Wildman–Crippen MR) is 541 cm³/mol. The lowest BCUT2D eigenvalue weighted by atomic mass is 9.75. The molecule has 8 aliphatic rings. The van der Waals surface area contributed by atoms with Gasteiger partial charge in [0.15, 0.2) is 0 Å². The van der Waals surface area contributed by atoms with Crippen molar-refractivity contribution >= 4 is 158 Å². The molecule has 0 fully saturated rings. The van der Waals surface area contributed by atoms with Crippen molar-refractivity contribution in [3.63, 3.8) is 0 Å². The van der Waals surface area contributed by atoms with Gasteiger partial charge in [0.2, 0.25) is 22.9 Å². The Balaban J connectivity index is 0.000000111. The first-order chi connectivity index (χ1) is 64.4. The van der Waals surface area contributed by atoms with Crippen LogP contribution in [0.15, 0.2) is 324 Å². The van der Waals surface area contributed by atoms with Crippen LogP contribution >= 0.6 is 0 Å². The van der Waals surface area contributed by atoms with E-state index in [1.54, 1.807) is 6.92 Å². The van der Waals surface area contributed by atoms with Gasteiger partial charge in [-0.1, -0.05) is 244 Å². The Hall–Kier alpha value is -14.5. The number of esters is 2. The van der Waals surface area contributed by atoms with Gasteiger partial charge in [-0.15, -0.1) is 0 Å². The molecule has 18 heteroatoms. The summed E-state index contributed by atoms with van der Waals surface area (Å²) in [5.41, 5.74) is 8.49. The Morgan fingerprint density at radius 1 is 0.331 bits per heavy atom. The zero-order chi connectivity index (χ0) is 92.0. The first-order valence-corrected chi connectivity index (χ1v) is 46.1. The van der Waals surface area contributed by atoms with Gasteiger partial charge in [-0.05, 0) is 213 Å². The highest BCUT2D eigenvalue weighted by atomic mass is 16.6. The van der Waals surface area contributed by atoms with Gasteiger partial charge in [-0.25, -0.2) is 9.59 Å². The second-order valence-corrected chi connectivity index (χ2v) is 37.6. The van der Waals surface area contributed by atoms with E-state index in [-0.39, 0.29) is 37.3 Å². The molecule has 2 N–H and O–H groups in total. The second kappa shape index (κ2) is 33.7. The van der Waals surface area contributed by atoms with E-state index in [2.05, 4.69) is 300 Å². The molecule has 4 unspecified atom stereocenters. The molecule has 0 radical (unpaired) electrons. The number of carbonyl (C=O) groups excluding carboxylic acids is 2. The molecule has 23 rings (SSSR count). The van der Waals surface area contributed by atoms with Crippen LogP contribution in [-0.2, 0) is 40.7 Å². The molecule has 0 aliphatic carbocycles. The van der Waals surface area contributed by atoms with Crippen LogP contribution in [0.25, 0.3) is 75.4 Å². The van der Waals surface area contributed by atoms with Crippen molar-refractivity contribution in [2.45, 2.75) is 133 Å². The number of nitrogens with zero attached hydrogens (tertiary/aromatic N) is 8. The summed E-state index contributed by atoms with van der Waals surface area (Å²) >= 11 is 0. The molecule has 0 saturated heterocycles. The molecule has 133 heavy (non-hydrogen) atoms. The standard InChI is InChI=1S/C31H28N2O3.C30H26N2O3.C29H28N2O2.C25H26N2O2/c1-20(2)29(34)35-18-17-33-25-15-13-21-9-5-7-11-23(21)27(25)30(3,4)31(33)19-32-28-24-12-8-6-10-22(24)14-16-26(28)36-31;1-4-26(33)34-18-17-32-24-15-13-20-9-5-7-11-22(20)27(24)29(2,3)30(32)19-31-28-23-12-8-6-10-21(23)14-16-25(28)35-30;1-28(2)26-22-11-5-3-9-20(22)13-15-24(26)31(17-7-8-18-32)29(28)19-30-27-23-12-6-4-10-21(23)14-16-25(27)33-29;1-24(2)20-11-5-6-12-21(20)27(15-7-8-16-28)25(24)17-26-23-19-10-4-3-9-18(19)13-14-22(23)29-25/h5-16,19H,1,17-18H2,2-4H3;4-16,19H,1,17-18H2,2-3H3;3-6,9-16,19,32H,7-8,17-18H2,1-2H3;3-6,9-14,17,28H,7-8,15-16H2,1-2H3. The fourth-order valence-corrected chi connectivity index (χ4v) is 21.9. The highest BCUT2D eigenvalue weighted by molar-refractivity contribution is 6.08. The number of fused-ring (bicyclic) bond motifs is 22. The third-order valence-electron chi connectivity index (χ3n) is 28.7. The number of benzene rings is 15. The number of para-hydroxylation sites is 1. The number of aliphatic imine (C=N–C) groups is 4. The summed E-state index contributed by atoms with van der Waals surface area (Å²) in [6.07, 6.45) is 12.4. The van der Waals surface area contributed by atoms with Crippen LogP contribution in [0.2, 0.25) is 0 Å². The second-order valence-electron chi connectivity index (χ2n) is 37.6. The molecule has 4 atom stereocenters. The van der Waals surface area contributed by atoms with E-state index in [0.717, 1.165) is 139 Å². The van der Waals surface area contributed by atoms with E-state index in [1.165, 1.54) is 72.0 Å². The quantitative estimate of drug-likeness (QED) is 0.0527. The van der Waals surface area contributed by atoms with E-state index in [4.69, 9.17) is 48.4 Å². The topological polar surface area (TPSA) is 192 Å². The van der Waals surface area contributed by atoms with Crippen LogP contribution in [0.1, 0.15) is 110 Å². The first kappa shape index (κ1) is 86.6. The zero-order valence-corrected chi connectivity index (χ0v) is 76.6. The summed E-state index contributed by atoms with van der Waals surface area (Å²) < 4.78 is 38.7.